The lowest BCUT2D eigenvalue weighted by Crippen LogP contribution is -1.98. The van der Waals surface area contributed by atoms with Crippen LogP contribution in [0.4, 0.5) is 0 Å². The summed E-state index contributed by atoms with van der Waals surface area (Å²) in [7, 11) is -3.47. The van der Waals surface area contributed by atoms with Gasteiger partial charge in [0.1, 0.15) is 0 Å². The molecule has 80 valence electrons. The molecule has 1 atom stereocenters. The first-order valence-electron chi connectivity index (χ1n) is 4.75. The van der Waals surface area contributed by atoms with Crippen LogP contribution in [0.5, 0.6) is 0 Å². The standard InChI is InChI=1S/C8H19O4P/c1-3-5-7-11-12-13(9,10)8-6-4-2/h3-8H2,1-2H3,(H,9,10). The molecule has 5 heteroatoms. The molecule has 1 N–H and O–H groups in total. The molecule has 0 bridgehead atoms. The van der Waals surface area contributed by atoms with Crippen molar-refractivity contribution in [3.8, 4) is 0 Å². The van der Waals surface area contributed by atoms with Crippen molar-refractivity contribution in [3.63, 3.8) is 0 Å². The van der Waals surface area contributed by atoms with Crippen molar-refractivity contribution in [1.29, 1.82) is 0 Å². The Morgan fingerprint density at radius 3 is 2.38 bits per heavy atom. The molecule has 0 aromatic carbocycles. The number of unbranched alkanes of at least 4 members (excludes halogenated alkanes) is 2. The van der Waals surface area contributed by atoms with Crippen LogP contribution in [0.1, 0.15) is 39.5 Å². The molecule has 0 aliphatic rings. The predicted molar refractivity (Wildman–Crippen MR) is 51.5 cm³/mol. The molecule has 0 spiro atoms. The summed E-state index contributed by atoms with van der Waals surface area (Å²) in [6.45, 7) is 4.35. The highest BCUT2D eigenvalue weighted by atomic mass is 31.2. The van der Waals surface area contributed by atoms with Crippen LogP contribution in [0.2, 0.25) is 0 Å². The van der Waals surface area contributed by atoms with Crippen molar-refractivity contribution in [2.75, 3.05) is 12.8 Å². The molecular formula is C8H19O4P. The normalized spacial score (nSPS) is 15.6. The summed E-state index contributed by atoms with van der Waals surface area (Å²) in [6.07, 6.45) is 3.56. The molecular weight excluding hydrogens is 191 g/mol. The second-order valence-electron chi connectivity index (χ2n) is 2.96. The van der Waals surface area contributed by atoms with Crippen molar-refractivity contribution in [2.45, 2.75) is 39.5 Å². The molecule has 0 radical (unpaired) electrons. The van der Waals surface area contributed by atoms with Gasteiger partial charge in [-0.2, -0.15) is 0 Å². The van der Waals surface area contributed by atoms with Gasteiger partial charge in [-0.15, -0.1) is 4.67 Å². The summed E-state index contributed by atoms with van der Waals surface area (Å²) in [5.41, 5.74) is 0. The highest BCUT2D eigenvalue weighted by Gasteiger charge is 2.19. The van der Waals surface area contributed by atoms with Crippen molar-refractivity contribution >= 4 is 7.60 Å². The van der Waals surface area contributed by atoms with Gasteiger partial charge < -0.3 is 4.89 Å². The Kier molecular flexibility index (Phi) is 7.57. The molecule has 0 saturated heterocycles. The quantitative estimate of drug-likeness (QED) is 0.289. The Morgan fingerprint density at radius 1 is 1.23 bits per heavy atom. The van der Waals surface area contributed by atoms with Gasteiger partial charge in [0.15, 0.2) is 0 Å². The van der Waals surface area contributed by atoms with Gasteiger partial charge in [0.05, 0.1) is 12.8 Å². The molecule has 0 saturated carbocycles. The lowest BCUT2D eigenvalue weighted by atomic mass is 10.4. The van der Waals surface area contributed by atoms with Gasteiger partial charge in [-0.1, -0.05) is 26.7 Å². The minimum Gasteiger partial charge on any atom is -0.323 e. The van der Waals surface area contributed by atoms with E-state index in [0.717, 1.165) is 19.3 Å². The summed E-state index contributed by atoms with van der Waals surface area (Å²) in [5, 5.41) is 0. The monoisotopic (exact) mass is 210 g/mol. The maximum atomic E-state index is 11.1. The van der Waals surface area contributed by atoms with Crippen LogP contribution in [0.15, 0.2) is 0 Å². The molecule has 0 amide bonds. The van der Waals surface area contributed by atoms with E-state index < -0.39 is 7.60 Å². The van der Waals surface area contributed by atoms with E-state index >= 15 is 0 Å². The number of hydrogen-bond acceptors (Lipinski definition) is 3. The topological polar surface area (TPSA) is 55.8 Å². The van der Waals surface area contributed by atoms with Crippen LogP contribution in [0, 0.1) is 0 Å². The number of rotatable bonds is 8. The van der Waals surface area contributed by atoms with Gasteiger partial charge in [0.25, 0.3) is 0 Å². The van der Waals surface area contributed by atoms with Crippen LogP contribution in [0.25, 0.3) is 0 Å². The zero-order valence-electron chi connectivity index (χ0n) is 8.36. The van der Waals surface area contributed by atoms with Crippen molar-refractivity contribution < 1.29 is 19.0 Å². The van der Waals surface area contributed by atoms with Crippen LogP contribution in [-0.2, 0) is 14.1 Å². The average molecular weight is 210 g/mol. The second-order valence-corrected chi connectivity index (χ2v) is 4.84. The first-order chi connectivity index (χ1) is 6.12. The maximum absolute atomic E-state index is 11.1. The van der Waals surface area contributed by atoms with E-state index in [1.54, 1.807) is 0 Å². The Morgan fingerprint density at radius 2 is 1.85 bits per heavy atom. The van der Waals surface area contributed by atoms with Crippen LogP contribution >= 0.6 is 7.60 Å². The summed E-state index contributed by atoms with van der Waals surface area (Å²) in [5.74, 6) is 0. The molecule has 13 heavy (non-hydrogen) atoms. The fourth-order valence-corrected chi connectivity index (χ4v) is 1.75. The Bertz CT molecular complexity index is 160. The fourth-order valence-electron chi connectivity index (χ4n) is 0.718. The van der Waals surface area contributed by atoms with Crippen molar-refractivity contribution in [1.82, 2.24) is 0 Å². The Hall–Kier alpha value is 0.110. The summed E-state index contributed by atoms with van der Waals surface area (Å²) in [6, 6.07) is 0. The molecule has 0 heterocycles. The van der Waals surface area contributed by atoms with E-state index in [-0.39, 0.29) is 6.16 Å². The maximum Gasteiger partial charge on any atom is 0.355 e. The first-order valence-corrected chi connectivity index (χ1v) is 6.51. The van der Waals surface area contributed by atoms with E-state index in [2.05, 4.69) is 9.56 Å². The minimum atomic E-state index is -3.47. The molecule has 0 aromatic rings. The van der Waals surface area contributed by atoms with Crippen molar-refractivity contribution in [3.05, 3.63) is 0 Å². The smallest absolute Gasteiger partial charge is 0.323 e. The zero-order chi connectivity index (χ0) is 10.2. The third-order valence-electron chi connectivity index (χ3n) is 1.54. The molecule has 0 fully saturated rings. The van der Waals surface area contributed by atoms with Crippen LogP contribution in [-0.4, -0.2) is 17.7 Å². The van der Waals surface area contributed by atoms with E-state index in [4.69, 9.17) is 4.89 Å². The SMILES string of the molecule is CCCCOOP(=O)(O)CCCC. The zero-order valence-corrected chi connectivity index (χ0v) is 9.26. The molecule has 0 rings (SSSR count). The summed E-state index contributed by atoms with van der Waals surface area (Å²) < 4.78 is 15.6. The molecule has 0 aliphatic carbocycles. The Labute approximate surface area is 79.7 Å². The minimum absolute atomic E-state index is 0.176. The van der Waals surface area contributed by atoms with E-state index in [1.807, 2.05) is 13.8 Å². The molecule has 0 aromatic heterocycles. The lowest BCUT2D eigenvalue weighted by Gasteiger charge is -2.09. The van der Waals surface area contributed by atoms with Gasteiger partial charge in [0, 0.05) is 0 Å². The van der Waals surface area contributed by atoms with E-state index in [0.29, 0.717) is 13.0 Å². The lowest BCUT2D eigenvalue weighted by molar-refractivity contribution is -0.213. The highest BCUT2D eigenvalue weighted by molar-refractivity contribution is 7.52. The largest absolute Gasteiger partial charge is 0.355 e. The summed E-state index contributed by atoms with van der Waals surface area (Å²) >= 11 is 0. The van der Waals surface area contributed by atoms with Gasteiger partial charge in [-0.05, 0) is 12.8 Å². The van der Waals surface area contributed by atoms with E-state index in [1.165, 1.54) is 0 Å². The molecule has 1 unspecified atom stereocenters. The highest BCUT2D eigenvalue weighted by Crippen LogP contribution is 2.42. The molecule has 4 nitrogen and oxygen atoms in total. The van der Waals surface area contributed by atoms with E-state index in [9.17, 15) is 4.57 Å². The average Bonchev–Trinajstić information content (AvgIpc) is 2.09. The third-order valence-corrected chi connectivity index (χ3v) is 2.76. The molecule has 0 aliphatic heterocycles. The van der Waals surface area contributed by atoms with Gasteiger partial charge in [-0.3, -0.25) is 4.57 Å². The fraction of sp³-hybridized carbons (Fsp3) is 1.00. The van der Waals surface area contributed by atoms with Crippen LogP contribution in [0.3, 0.4) is 0 Å². The third kappa shape index (κ3) is 8.44. The Balaban J connectivity index is 3.45. The second kappa shape index (κ2) is 7.51. The van der Waals surface area contributed by atoms with Crippen LogP contribution < -0.4 is 0 Å². The number of hydrogen-bond donors (Lipinski definition) is 1. The van der Waals surface area contributed by atoms with Crippen molar-refractivity contribution in [2.24, 2.45) is 0 Å². The first kappa shape index (κ1) is 13.1. The predicted octanol–water partition coefficient (Wildman–Crippen LogP) is 2.72. The summed E-state index contributed by atoms with van der Waals surface area (Å²) in [4.78, 5) is 13.8. The van der Waals surface area contributed by atoms with Gasteiger partial charge in [0.2, 0.25) is 0 Å². The van der Waals surface area contributed by atoms with Gasteiger partial charge >= 0.3 is 7.60 Å². The van der Waals surface area contributed by atoms with Gasteiger partial charge in [-0.25, -0.2) is 4.89 Å².